The zero-order valence-electron chi connectivity index (χ0n) is 5.97. The van der Waals surface area contributed by atoms with Crippen LogP contribution in [0.25, 0.3) is 0 Å². The Morgan fingerprint density at radius 3 is 0.533 bits per heavy atom. The van der Waals surface area contributed by atoms with Crippen molar-refractivity contribution in [3.63, 3.8) is 0 Å². The topological polar surface area (TPSA) is 161 Å². The third-order valence-electron chi connectivity index (χ3n) is 0. The summed E-state index contributed by atoms with van der Waals surface area (Å²) in [6, 6.07) is 0. The summed E-state index contributed by atoms with van der Waals surface area (Å²) in [5.41, 5.74) is 0. The van der Waals surface area contributed by atoms with Gasteiger partial charge in [-0.1, -0.05) is 0 Å². The van der Waals surface area contributed by atoms with Crippen molar-refractivity contribution in [2.45, 2.75) is 0 Å². The Kier molecular flexibility index (Phi) is 53.1. The summed E-state index contributed by atoms with van der Waals surface area (Å²) in [7, 11) is -10.3. The van der Waals surface area contributed by atoms with Crippen LogP contribution in [0.15, 0.2) is 0 Å². The zero-order chi connectivity index (χ0) is 9.00. The minimum absolute atomic E-state index is 0. The van der Waals surface area contributed by atoms with Crippen LogP contribution in [0.2, 0.25) is 0 Å². The molecule has 0 heterocycles. The Hall–Kier alpha value is 1.88. The zero-order valence-corrected chi connectivity index (χ0v) is 12.7. The van der Waals surface area contributed by atoms with E-state index in [1.165, 1.54) is 0 Å². The summed E-state index contributed by atoms with van der Waals surface area (Å²) >= 11 is 0. The van der Waals surface area contributed by atoms with E-state index in [0.29, 0.717) is 0 Å². The molecule has 0 atom stereocenters. The van der Waals surface area contributed by atoms with Crippen molar-refractivity contribution >= 4 is 20.8 Å². The van der Waals surface area contributed by atoms with E-state index in [-0.39, 0.29) is 76.0 Å². The smallest absolute Gasteiger partial charge is 1.00 e. The van der Waals surface area contributed by atoms with Crippen LogP contribution in [0.4, 0.5) is 0 Å². The summed E-state index contributed by atoms with van der Waals surface area (Å²) in [5, 5.41) is 0. The molecule has 15 heavy (non-hydrogen) atoms. The van der Waals surface area contributed by atoms with E-state index in [1.54, 1.807) is 0 Å². The fourth-order valence-corrected chi connectivity index (χ4v) is 0. The summed E-state index contributed by atoms with van der Waals surface area (Å²) in [4.78, 5) is 0. The molecule has 0 saturated heterocycles. The van der Waals surface area contributed by atoms with Crippen LogP contribution in [-0.2, 0) is 72.0 Å². The van der Waals surface area contributed by atoms with Crippen LogP contribution >= 0.6 is 0 Å². The SMILES string of the molecule is O=S(=O)([O-])[O-].O=S(=O)([O-])[O-].[Cl-].[Cl-].[Mn+2].[Mn+2].[Mn+2]. The second kappa shape index (κ2) is 18.2. The van der Waals surface area contributed by atoms with Crippen LogP contribution in [-0.4, -0.2) is 35.0 Å². The molecule has 0 aliphatic carbocycles. The minimum Gasteiger partial charge on any atom is -1.00 e. The van der Waals surface area contributed by atoms with E-state index in [4.69, 9.17) is 35.0 Å². The third-order valence-corrected chi connectivity index (χ3v) is 0. The molecule has 0 aromatic carbocycles. The first-order valence-corrected chi connectivity index (χ1v) is 4.00. The van der Waals surface area contributed by atoms with Crippen molar-refractivity contribution in [3.05, 3.63) is 0 Å². The Morgan fingerprint density at radius 2 is 0.533 bits per heavy atom. The molecule has 0 spiro atoms. The first-order chi connectivity index (χ1) is 4.00. The molecule has 95 valence electrons. The summed E-state index contributed by atoms with van der Waals surface area (Å²) < 4.78 is 68.2. The van der Waals surface area contributed by atoms with Gasteiger partial charge >= 0.3 is 51.2 Å². The molecule has 0 aliphatic rings. The molecular formula is Cl2Mn3O8S2. The van der Waals surface area contributed by atoms with Gasteiger partial charge in [0.1, 0.15) is 0 Å². The van der Waals surface area contributed by atoms with Crippen LogP contribution in [0.1, 0.15) is 0 Å². The quantitative estimate of drug-likeness (QED) is 0.209. The molecule has 0 amide bonds. The normalized spacial score (nSPS) is 7.73. The average Bonchev–Trinajstić information content (AvgIpc) is 1.12. The second-order valence-electron chi connectivity index (χ2n) is 0.816. The molecule has 0 rings (SSSR count). The Bertz CT molecular complexity index is 222. The molecule has 0 N–H and O–H groups in total. The summed E-state index contributed by atoms with van der Waals surface area (Å²) in [6.07, 6.45) is 0. The maximum absolute atomic E-state index is 8.52. The van der Waals surface area contributed by atoms with Gasteiger partial charge in [0.05, 0.1) is 0 Å². The van der Waals surface area contributed by atoms with Gasteiger partial charge in [0.2, 0.25) is 0 Å². The fourth-order valence-electron chi connectivity index (χ4n) is 0. The predicted molar refractivity (Wildman–Crippen MR) is 20.9 cm³/mol. The Morgan fingerprint density at radius 1 is 0.533 bits per heavy atom. The maximum Gasteiger partial charge on any atom is 2.00 e. The van der Waals surface area contributed by atoms with Crippen molar-refractivity contribution in [1.29, 1.82) is 0 Å². The monoisotopic (exact) mass is 427 g/mol. The van der Waals surface area contributed by atoms with Crippen molar-refractivity contribution in [1.82, 2.24) is 0 Å². The van der Waals surface area contributed by atoms with E-state index in [2.05, 4.69) is 0 Å². The van der Waals surface area contributed by atoms with Gasteiger partial charge in [-0.05, 0) is 0 Å². The molecule has 8 nitrogen and oxygen atoms in total. The molecule has 0 unspecified atom stereocenters. The molecule has 0 fully saturated rings. The molecule has 0 aromatic rings. The van der Waals surface area contributed by atoms with Gasteiger partial charge < -0.3 is 43.0 Å². The molecule has 0 bridgehead atoms. The van der Waals surface area contributed by atoms with E-state index in [0.717, 1.165) is 0 Å². The van der Waals surface area contributed by atoms with Gasteiger partial charge in [-0.3, -0.25) is 16.8 Å². The molecule has 3 radical (unpaired) electrons. The standard InChI is InChI=1S/2ClH.3Mn.2H2O4S/c;;;;;2*1-5(2,3)4/h2*1H;;;;2*(H2,1,2,3,4)/q;;3*+2;;/p-6. The van der Waals surface area contributed by atoms with Gasteiger partial charge in [-0.25, -0.2) is 0 Å². The first-order valence-electron chi connectivity index (χ1n) is 1.33. The Balaban J connectivity index is -0.0000000128. The van der Waals surface area contributed by atoms with Crippen LogP contribution in [0.3, 0.4) is 0 Å². The van der Waals surface area contributed by atoms with E-state index >= 15 is 0 Å². The number of hydrogen-bond acceptors (Lipinski definition) is 8. The summed E-state index contributed by atoms with van der Waals surface area (Å²) in [5.74, 6) is 0. The van der Waals surface area contributed by atoms with Gasteiger partial charge in [0.25, 0.3) is 0 Å². The van der Waals surface area contributed by atoms with Crippen molar-refractivity contribution in [2.24, 2.45) is 0 Å². The van der Waals surface area contributed by atoms with E-state index < -0.39 is 20.8 Å². The minimum atomic E-state index is -5.17. The average molecular weight is 428 g/mol. The van der Waals surface area contributed by atoms with Gasteiger partial charge in [-0.15, -0.1) is 0 Å². The van der Waals surface area contributed by atoms with Gasteiger partial charge in [-0.2, -0.15) is 0 Å². The second-order valence-corrected chi connectivity index (χ2v) is 2.45. The maximum atomic E-state index is 8.52. The van der Waals surface area contributed by atoms with E-state index in [1.807, 2.05) is 0 Å². The molecular weight excluding hydrogens is 428 g/mol. The predicted octanol–water partition coefficient (Wildman–Crippen LogP) is -8.68. The van der Waals surface area contributed by atoms with Crippen molar-refractivity contribution < 1.29 is 111 Å². The van der Waals surface area contributed by atoms with Crippen LogP contribution in [0.5, 0.6) is 0 Å². The number of hydrogen-bond donors (Lipinski definition) is 0. The summed E-state index contributed by atoms with van der Waals surface area (Å²) in [6.45, 7) is 0. The van der Waals surface area contributed by atoms with Crippen molar-refractivity contribution in [3.8, 4) is 0 Å². The van der Waals surface area contributed by atoms with Crippen LogP contribution < -0.4 is 24.8 Å². The Labute approximate surface area is 131 Å². The molecule has 15 heteroatoms. The van der Waals surface area contributed by atoms with Crippen LogP contribution in [0, 0.1) is 0 Å². The molecule has 0 saturated carbocycles. The largest absolute Gasteiger partial charge is 2.00 e. The molecule has 0 aliphatic heterocycles. The third kappa shape index (κ3) is 867. The first kappa shape index (κ1) is 43.6. The van der Waals surface area contributed by atoms with Gasteiger partial charge in [0.15, 0.2) is 0 Å². The van der Waals surface area contributed by atoms with Gasteiger partial charge in [0, 0.05) is 20.8 Å². The molecule has 0 aromatic heterocycles. The van der Waals surface area contributed by atoms with Crippen molar-refractivity contribution in [2.75, 3.05) is 0 Å². The number of rotatable bonds is 0. The fraction of sp³-hybridized carbons (Fsp3) is 0. The number of halogens is 2. The van der Waals surface area contributed by atoms with E-state index in [9.17, 15) is 0 Å².